The number of amides is 1. The van der Waals surface area contributed by atoms with Crippen molar-refractivity contribution in [2.45, 2.75) is 26.8 Å². The van der Waals surface area contributed by atoms with Crippen molar-refractivity contribution in [1.29, 1.82) is 0 Å². The minimum absolute atomic E-state index is 0.0771. The molecule has 2 N–H and O–H groups in total. The Morgan fingerprint density at radius 2 is 1.92 bits per heavy atom. The number of anilines is 2. The second-order valence-corrected chi connectivity index (χ2v) is 8.62. The fourth-order valence-electron chi connectivity index (χ4n) is 4.20. The fourth-order valence-corrected chi connectivity index (χ4v) is 4.20. The van der Waals surface area contributed by atoms with Crippen molar-refractivity contribution >= 4 is 23.2 Å². The maximum absolute atomic E-state index is 13.5. The smallest absolute Gasteiger partial charge is 0.269 e. The highest BCUT2D eigenvalue weighted by molar-refractivity contribution is 6.06. The number of nitro groups is 1. The molecule has 1 atom stereocenters. The summed E-state index contributed by atoms with van der Waals surface area (Å²) in [4.78, 5) is 33.3. The van der Waals surface area contributed by atoms with Crippen LogP contribution < -0.4 is 10.6 Å². The Balaban J connectivity index is 1.64. The van der Waals surface area contributed by atoms with Crippen LogP contribution in [-0.2, 0) is 4.79 Å². The molecule has 1 amide bonds. The Bertz CT molecular complexity index is 1530. The van der Waals surface area contributed by atoms with Crippen LogP contribution >= 0.6 is 0 Å². The summed E-state index contributed by atoms with van der Waals surface area (Å²) < 4.78 is 1.61. The molecule has 2 aromatic carbocycles. The number of aromatic nitrogens is 4. The Morgan fingerprint density at radius 1 is 1.08 bits per heavy atom. The second-order valence-electron chi connectivity index (χ2n) is 8.62. The van der Waals surface area contributed by atoms with E-state index in [4.69, 9.17) is 5.10 Å². The normalized spacial score (nSPS) is 14.7. The molecule has 10 nitrogen and oxygen atoms in total. The first-order valence-corrected chi connectivity index (χ1v) is 11.3. The number of benzene rings is 2. The molecule has 0 saturated carbocycles. The summed E-state index contributed by atoms with van der Waals surface area (Å²) in [6, 6.07) is 14.9. The molecule has 0 bridgehead atoms. The molecule has 4 aromatic rings. The zero-order valence-electron chi connectivity index (χ0n) is 19.9. The van der Waals surface area contributed by atoms with Crippen LogP contribution in [0.1, 0.15) is 29.7 Å². The van der Waals surface area contributed by atoms with E-state index in [1.807, 2.05) is 32.0 Å². The lowest BCUT2D eigenvalue weighted by Crippen LogP contribution is -2.31. The first-order chi connectivity index (χ1) is 17.3. The molecule has 5 rings (SSSR count). The quantitative estimate of drug-likeness (QED) is 0.310. The van der Waals surface area contributed by atoms with E-state index in [9.17, 15) is 14.9 Å². The van der Waals surface area contributed by atoms with Gasteiger partial charge in [-0.2, -0.15) is 4.98 Å². The molecule has 2 aromatic heterocycles. The molecule has 0 fully saturated rings. The van der Waals surface area contributed by atoms with Crippen LogP contribution in [0, 0.1) is 24.0 Å². The van der Waals surface area contributed by atoms with Crippen molar-refractivity contribution in [3.8, 4) is 11.4 Å². The third kappa shape index (κ3) is 4.20. The molecule has 180 valence electrons. The van der Waals surface area contributed by atoms with Gasteiger partial charge in [0.2, 0.25) is 5.95 Å². The van der Waals surface area contributed by atoms with Gasteiger partial charge in [-0.25, -0.2) is 4.68 Å². The molecular formula is C26H23N7O3. The summed E-state index contributed by atoms with van der Waals surface area (Å²) >= 11 is 0. The van der Waals surface area contributed by atoms with Crippen molar-refractivity contribution < 1.29 is 9.72 Å². The van der Waals surface area contributed by atoms with Crippen molar-refractivity contribution in [1.82, 2.24) is 19.7 Å². The molecule has 1 aliphatic rings. The van der Waals surface area contributed by atoms with E-state index >= 15 is 0 Å². The van der Waals surface area contributed by atoms with Crippen molar-refractivity contribution in [3.63, 3.8) is 0 Å². The lowest BCUT2D eigenvalue weighted by molar-refractivity contribution is -0.384. The number of fused-ring (bicyclic) bond motifs is 1. The molecule has 36 heavy (non-hydrogen) atoms. The first-order valence-electron chi connectivity index (χ1n) is 11.3. The number of non-ortho nitro benzene ring substituents is 1. The van der Waals surface area contributed by atoms with Crippen LogP contribution in [-0.4, -0.2) is 30.6 Å². The molecular weight excluding hydrogens is 458 g/mol. The first kappa shape index (κ1) is 22.9. The molecule has 0 spiro atoms. The highest BCUT2D eigenvalue weighted by Crippen LogP contribution is 2.37. The predicted molar refractivity (Wildman–Crippen MR) is 135 cm³/mol. The van der Waals surface area contributed by atoms with Gasteiger partial charge in [-0.15, -0.1) is 5.10 Å². The van der Waals surface area contributed by atoms with Gasteiger partial charge in [-0.3, -0.25) is 19.9 Å². The van der Waals surface area contributed by atoms with E-state index in [2.05, 4.69) is 20.6 Å². The van der Waals surface area contributed by atoms with Gasteiger partial charge < -0.3 is 10.6 Å². The molecule has 3 heterocycles. The number of carbonyl (C=O) groups excluding carboxylic acids is 1. The zero-order chi connectivity index (χ0) is 25.4. The Kier molecular flexibility index (Phi) is 5.77. The monoisotopic (exact) mass is 481 g/mol. The number of nitrogens with zero attached hydrogens (tertiary/aromatic N) is 5. The van der Waals surface area contributed by atoms with Crippen molar-refractivity contribution in [3.05, 3.63) is 105 Å². The second kappa shape index (κ2) is 9.06. The Hall–Kier alpha value is -4.86. The third-order valence-electron chi connectivity index (χ3n) is 6.18. The van der Waals surface area contributed by atoms with Crippen molar-refractivity contribution in [2.24, 2.45) is 0 Å². The highest BCUT2D eigenvalue weighted by Gasteiger charge is 2.35. The predicted octanol–water partition coefficient (Wildman–Crippen LogP) is 4.79. The van der Waals surface area contributed by atoms with Crippen LogP contribution in [0.15, 0.2) is 78.3 Å². The minimum Gasteiger partial charge on any atom is -0.328 e. The van der Waals surface area contributed by atoms with Gasteiger partial charge in [-0.05, 0) is 55.7 Å². The summed E-state index contributed by atoms with van der Waals surface area (Å²) in [5.74, 6) is 0.547. The van der Waals surface area contributed by atoms with Gasteiger partial charge in [0.15, 0.2) is 5.82 Å². The van der Waals surface area contributed by atoms with Gasteiger partial charge in [0.25, 0.3) is 11.6 Å². The van der Waals surface area contributed by atoms with E-state index < -0.39 is 11.0 Å². The third-order valence-corrected chi connectivity index (χ3v) is 6.18. The van der Waals surface area contributed by atoms with Gasteiger partial charge >= 0.3 is 0 Å². The topological polar surface area (TPSA) is 128 Å². The number of allylic oxidation sites excluding steroid dienone is 1. The fraction of sp³-hybridized carbons (Fsp3) is 0.154. The van der Waals surface area contributed by atoms with E-state index in [0.717, 1.165) is 16.7 Å². The van der Waals surface area contributed by atoms with Gasteiger partial charge in [0.1, 0.15) is 6.04 Å². The van der Waals surface area contributed by atoms with Crippen molar-refractivity contribution in [2.75, 3.05) is 10.6 Å². The molecule has 0 radical (unpaired) electrons. The summed E-state index contributed by atoms with van der Waals surface area (Å²) in [5.41, 5.74) is 5.02. The Morgan fingerprint density at radius 3 is 2.64 bits per heavy atom. The number of hydrogen-bond acceptors (Lipinski definition) is 7. The number of rotatable bonds is 5. The minimum atomic E-state index is -0.745. The molecule has 0 saturated heterocycles. The molecule has 1 unspecified atom stereocenters. The zero-order valence-corrected chi connectivity index (χ0v) is 19.9. The average molecular weight is 482 g/mol. The molecule has 1 aliphatic heterocycles. The van der Waals surface area contributed by atoms with Gasteiger partial charge in [0, 0.05) is 29.6 Å². The summed E-state index contributed by atoms with van der Waals surface area (Å²) in [7, 11) is 0. The standard InChI is InChI=1S/C26H23N7O3/c1-15-9-10-19(12-16(15)2)24-30-26-28-17(3)22(25(34)29-20-7-5-11-27-14-20)23(32(26)31-24)18-6-4-8-21(13-18)33(35)36/h4-14,23H,1-3H3,(H,29,34)(H,28,30,31). The molecule has 0 aliphatic carbocycles. The maximum Gasteiger partial charge on any atom is 0.269 e. The van der Waals surface area contributed by atoms with Gasteiger partial charge in [-0.1, -0.05) is 24.3 Å². The SMILES string of the molecule is CC1=C(C(=O)Nc2cccnc2)C(c2cccc([N+](=O)[O-])c2)n2nc(-c3ccc(C)c(C)c3)nc2N1. The van der Waals surface area contributed by atoms with Crippen LogP contribution in [0.5, 0.6) is 0 Å². The number of pyridine rings is 1. The number of hydrogen-bond donors (Lipinski definition) is 2. The number of carbonyl (C=O) groups is 1. The lowest BCUT2D eigenvalue weighted by atomic mass is 9.94. The van der Waals surface area contributed by atoms with E-state index in [-0.39, 0.29) is 11.6 Å². The lowest BCUT2D eigenvalue weighted by Gasteiger charge is -2.28. The number of nitro benzene ring substituents is 1. The van der Waals surface area contributed by atoms with Crippen LogP contribution in [0.25, 0.3) is 11.4 Å². The van der Waals surface area contributed by atoms with Crippen LogP contribution in [0.4, 0.5) is 17.3 Å². The van der Waals surface area contributed by atoms with Crippen LogP contribution in [0.2, 0.25) is 0 Å². The highest BCUT2D eigenvalue weighted by atomic mass is 16.6. The van der Waals surface area contributed by atoms with Crippen LogP contribution in [0.3, 0.4) is 0 Å². The van der Waals surface area contributed by atoms with Gasteiger partial charge in [0.05, 0.1) is 22.4 Å². The number of nitrogens with one attached hydrogen (secondary N) is 2. The summed E-state index contributed by atoms with van der Waals surface area (Å²) in [6.45, 7) is 5.83. The summed E-state index contributed by atoms with van der Waals surface area (Å²) in [6.07, 6.45) is 3.16. The summed E-state index contributed by atoms with van der Waals surface area (Å²) in [5, 5.41) is 22.3. The Labute approximate surface area is 206 Å². The van der Waals surface area contributed by atoms with E-state index in [0.29, 0.717) is 34.3 Å². The van der Waals surface area contributed by atoms with E-state index in [1.54, 1.807) is 48.3 Å². The largest absolute Gasteiger partial charge is 0.328 e. The maximum atomic E-state index is 13.5. The molecule has 10 heteroatoms. The average Bonchev–Trinajstić information content (AvgIpc) is 3.29. The van der Waals surface area contributed by atoms with E-state index in [1.165, 1.54) is 12.1 Å². The number of aryl methyl sites for hydroxylation is 2.